The number of non-ortho nitro benzene ring substituents is 1. The molecule has 2 aliphatic rings. The molecule has 9 nitrogen and oxygen atoms in total. The van der Waals surface area contributed by atoms with E-state index in [0.29, 0.717) is 6.61 Å². The van der Waals surface area contributed by atoms with E-state index < -0.39 is 35.6 Å². The molecule has 2 saturated heterocycles. The monoisotopic (exact) mass is 313 g/mol. The van der Waals surface area contributed by atoms with Crippen LogP contribution in [0.1, 0.15) is 0 Å². The Bertz CT molecular complexity index is 545. The summed E-state index contributed by atoms with van der Waals surface area (Å²) in [6.45, 7) is 0.398. The number of rotatable bonds is 4. The summed E-state index contributed by atoms with van der Waals surface area (Å²) >= 11 is 0. The molecule has 0 bridgehead atoms. The predicted octanol–water partition coefficient (Wildman–Crippen LogP) is -0.820. The fraction of sp³-hybridized carbons (Fsp3) is 0.538. The topological polar surface area (TPSA) is 135 Å². The summed E-state index contributed by atoms with van der Waals surface area (Å²) in [6, 6.07) is 5.21. The number of hydrogen-bond acceptors (Lipinski definition) is 8. The SMILES string of the molecule is O=[N+]([O-])c1ccc(O[C@@H]2O[C@H]([C@@H]3CO3)[C@H](O)[C@H](O)[C@H]2O)cc1. The Kier molecular flexibility index (Phi) is 3.98. The zero-order valence-electron chi connectivity index (χ0n) is 11.3. The van der Waals surface area contributed by atoms with Crippen molar-refractivity contribution in [3.05, 3.63) is 34.4 Å². The summed E-state index contributed by atoms with van der Waals surface area (Å²) in [5.41, 5.74) is -0.0998. The van der Waals surface area contributed by atoms with Gasteiger partial charge in [0.2, 0.25) is 6.29 Å². The van der Waals surface area contributed by atoms with Crippen LogP contribution in [0.2, 0.25) is 0 Å². The van der Waals surface area contributed by atoms with Gasteiger partial charge in [-0.25, -0.2) is 0 Å². The van der Waals surface area contributed by atoms with Crippen LogP contribution in [0.4, 0.5) is 5.69 Å². The smallest absolute Gasteiger partial charge is 0.269 e. The highest BCUT2D eigenvalue weighted by atomic mass is 16.7. The minimum atomic E-state index is -1.46. The van der Waals surface area contributed by atoms with E-state index in [-0.39, 0.29) is 17.5 Å². The zero-order chi connectivity index (χ0) is 15.9. The first-order valence-corrected chi connectivity index (χ1v) is 6.70. The van der Waals surface area contributed by atoms with Crippen LogP contribution in [0, 0.1) is 10.1 Å². The molecule has 3 rings (SSSR count). The Balaban J connectivity index is 1.71. The van der Waals surface area contributed by atoms with Gasteiger partial charge in [0, 0.05) is 12.1 Å². The molecular formula is C13H15NO8. The largest absolute Gasteiger partial charge is 0.462 e. The number of hydrogen-bond donors (Lipinski definition) is 3. The van der Waals surface area contributed by atoms with Crippen molar-refractivity contribution >= 4 is 5.69 Å². The van der Waals surface area contributed by atoms with Crippen molar-refractivity contribution in [3.63, 3.8) is 0 Å². The number of benzene rings is 1. The van der Waals surface area contributed by atoms with E-state index in [9.17, 15) is 25.4 Å². The maximum atomic E-state index is 10.6. The normalized spacial score (nSPS) is 37.6. The molecular weight excluding hydrogens is 298 g/mol. The molecule has 2 heterocycles. The summed E-state index contributed by atoms with van der Waals surface area (Å²) in [4.78, 5) is 10.0. The van der Waals surface area contributed by atoms with Crippen LogP contribution in [0.3, 0.4) is 0 Å². The number of nitro benzene ring substituents is 1. The molecule has 22 heavy (non-hydrogen) atoms. The van der Waals surface area contributed by atoms with Gasteiger partial charge in [-0.1, -0.05) is 0 Å². The molecule has 0 amide bonds. The summed E-state index contributed by atoms with van der Waals surface area (Å²) in [5, 5.41) is 40.2. The van der Waals surface area contributed by atoms with Gasteiger partial charge in [0.05, 0.1) is 11.5 Å². The minimum Gasteiger partial charge on any atom is -0.462 e. The van der Waals surface area contributed by atoms with Crippen molar-refractivity contribution in [3.8, 4) is 5.75 Å². The molecule has 0 aromatic heterocycles. The molecule has 0 saturated carbocycles. The van der Waals surface area contributed by atoms with Crippen LogP contribution in [0.5, 0.6) is 5.75 Å². The van der Waals surface area contributed by atoms with E-state index >= 15 is 0 Å². The Morgan fingerprint density at radius 2 is 1.77 bits per heavy atom. The maximum absolute atomic E-state index is 10.6. The molecule has 2 aliphatic heterocycles. The Morgan fingerprint density at radius 1 is 1.14 bits per heavy atom. The molecule has 9 heteroatoms. The van der Waals surface area contributed by atoms with E-state index in [1.54, 1.807) is 0 Å². The molecule has 0 aliphatic carbocycles. The lowest BCUT2D eigenvalue weighted by molar-refractivity contribution is -0.384. The number of aliphatic hydroxyl groups excluding tert-OH is 3. The lowest BCUT2D eigenvalue weighted by atomic mass is 9.97. The van der Waals surface area contributed by atoms with E-state index in [2.05, 4.69) is 0 Å². The van der Waals surface area contributed by atoms with E-state index in [1.807, 2.05) is 0 Å². The summed E-state index contributed by atoms with van der Waals surface area (Å²) in [5.74, 6) is 0.230. The summed E-state index contributed by atoms with van der Waals surface area (Å²) in [7, 11) is 0. The zero-order valence-corrected chi connectivity index (χ0v) is 11.3. The van der Waals surface area contributed by atoms with Crippen molar-refractivity contribution in [1.29, 1.82) is 0 Å². The third-order valence-electron chi connectivity index (χ3n) is 3.63. The quantitative estimate of drug-likeness (QED) is 0.373. The molecule has 0 spiro atoms. The van der Waals surface area contributed by atoms with Gasteiger partial charge >= 0.3 is 0 Å². The fourth-order valence-electron chi connectivity index (χ4n) is 2.30. The van der Waals surface area contributed by atoms with Crippen LogP contribution in [0.15, 0.2) is 24.3 Å². The Labute approximate surface area is 124 Å². The summed E-state index contributed by atoms with van der Waals surface area (Å²) < 4.78 is 15.9. The van der Waals surface area contributed by atoms with E-state index in [4.69, 9.17) is 14.2 Å². The van der Waals surface area contributed by atoms with Gasteiger partial charge in [0.15, 0.2) is 0 Å². The van der Waals surface area contributed by atoms with Gasteiger partial charge < -0.3 is 29.5 Å². The molecule has 0 unspecified atom stereocenters. The van der Waals surface area contributed by atoms with Crippen LogP contribution < -0.4 is 4.74 Å². The van der Waals surface area contributed by atoms with Crippen molar-refractivity contribution in [2.75, 3.05) is 6.61 Å². The van der Waals surface area contributed by atoms with Gasteiger partial charge in [-0.3, -0.25) is 10.1 Å². The molecule has 0 radical (unpaired) electrons. The van der Waals surface area contributed by atoms with Crippen LogP contribution in [0.25, 0.3) is 0 Å². The van der Waals surface area contributed by atoms with Crippen molar-refractivity contribution in [2.45, 2.75) is 36.8 Å². The van der Waals surface area contributed by atoms with Gasteiger partial charge in [-0.15, -0.1) is 0 Å². The van der Waals surface area contributed by atoms with Gasteiger partial charge in [0.25, 0.3) is 5.69 Å². The highest BCUT2D eigenvalue weighted by molar-refractivity contribution is 5.36. The Morgan fingerprint density at radius 3 is 2.32 bits per heavy atom. The summed E-state index contributed by atoms with van der Waals surface area (Å²) in [6.07, 6.45) is -6.54. The van der Waals surface area contributed by atoms with Crippen LogP contribution in [-0.4, -0.2) is 63.7 Å². The van der Waals surface area contributed by atoms with Gasteiger partial charge in [-0.05, 0) is 12.1 Å². The number of epoxide rings is 1. The lowest BCUT2D eigenvalue weighted by Gasteiger charge is -2.39. The number of ether oxygens (including phenoxy) is 3. The van der Waals surface area contributed by atoms with Gasteiger partial charge in [0.1, 0.15) is 36.3 Å². The molecule has 1 aromatic carbocycles. The van der Waals surface area contributed by atoms with Crippen molar-refractivity contribution in [1.82, 2.24) is 0 Å². The average Bonchev–Trinajstić information content (AvgIpc) is 3.33. The third kappa shape index (κ3) is 2.89. The molecule has 3 N–H and O–H groups in total. The maximum Gasteiger partial charge on any atom is 0.269 e. The second-order valence-corrected chi connectivity index (χ2v) is 5.18. The number of nitrogens with zero attached hydrogens (tertiary/aromatic N) is 1. The predicted molar refractivity (Wildman–Crippen MR) is 70.1 cm³/mol. The number of aliphatic hydroxyl groups is 3. The fourth-order valence-corrected chi connectivity index (χ4v) is 2.30. The van der Waals surface area contributed by atoms with Crippen LogP contribution >= 0.6 is 0 Å². The highest BCUT2D eigenvalue weighted by Gasteiger charge is 2.51. The minimum absolute atomic E-state index is 0.0998. The second kappa shape index (κ2) is 5.78. The van der Waals surface area contributed by atoms with E-state index in [1.165, 1.54) is 24.3 Å². The number of nitro groups is 1. The van der Waals surface area contributed by atoms with Gasteiger partial charge in [-0.2, -0.15) is 0 Å². The first-order chi connectivity index (χ1) is 10.5. The molecule has 6 atom stereocenters. The van der Waals surface area contributed by atoms with E-state index in [0.717, 1.165) is 0 Å². The average molecular weight is 313 g/mol. The standard InChI is InChI=1S/C13H15NO8/c15-9-10(16)12(8-5-20-8)22-13(11(9)17)21-7-3-1-6(2-4-7)14(18)19/h1-4,8-13,15-17H,5H2/t8-,9-,10+,11+,12+,13+/m0/s1. The van der Waals surface area contributed by atoms with Crippen molar-refractivity contribution in [2.24, 2.45) is 0 Å². The molecule has 2 fully saturated rings. The molecule has 120 valence electrons. The first-order valence-electron chi connectivity index (χ1n) is 6.70. The second-order valence-electron chi connectivity index (χ2n) is 5.18. The van der Waals surface area contributed by atoms with Crippen molar-refractivity contribution < 1.29 is 34.5 Å². The first kappa shape index (κ1) is 15.1. The van der Waals surface area contributed by atoms with Crippen LogP contribution in [-0.2, 0) is 9.47 Å². The lowest BCUT2D eigenvalue weighted by Crippen LogP contribution is -2.60. The highest BCUT2D eigenvalue weighted by Crippen LogP contribution is 2.31. The third-order valence-corrected chi connectivity index (χ3v) is 3.63. The molecule has 1 aromatic rings. The Hall–Kier alpha value is -1.78.